The van der Waals surface area contributed by atoms with Crippen LogP contribution < -0.4 is 11.1 Å². The summed E-state index contributed by atoms with van der Waals surface area (Å²) in [5.74, 6) is -0.346. The van der Waals surface area contributed by atoms with Gasteiger partial charge in [0.15, 0.2) is 5.84 Å². The van der Waals surface area contributed by atoms with Gasteiger partial charge in [0.1, 0.15) is 0 Å². The fourth-order valence-electron chi connectivity index (χ4n) is 1.52. The number of hydrogen-bond donors (Lipinski definition) is 3. The van der Waals surface area contributed by atoms with Crippen LogP contribution in [-0.4, -0.2) is 17.0 Å². The molecule has 0 aliphatic heterocycles. The summed E-state index contributed by atoms with van der Waals surface area (Å²) in [4.78, 5) is 12.2. The highest BCUT2D eigenvalue weighted by Gasteiger charge is 2.15. The number of carbonyl (C=O) groups is 1. The molecule has 0 saturated heterocycles. The lowest BCUT2D eigenvalue weighted by Gasteiger charge is -2.08. The molecule has 5 nitrogen and oxygen atoms in total. The second-order valence-electron chi connectivity index (χ2n) is 3.87. The fourth-order valence-corrected chi connectivity index (χ4v) is 4.54. The third-order valence-electron chi connectivity index (χ3n) is 2.52. The minimum absolute atomic E-state index is 0.0562. The first kappa shape index (κ1) is 16.3. The summed E-state index contributed by atoms with van der Waals surface area (Å²) in [6.07, 6.45) is 0. The van der Waals surface area contributed by atoms with E-state index in [1.165, 1.54) is 17.4 Å². The van der Waals surface area contributed by atoms with Crippen molar-refractivity contribution in [2.45, 2.75) is 0 Å². The van der Waals surface area contributed by atoms with Gasteiger partial charge in [-0.3, -0.25) is 4.79 Å². The molecule has 0 aliphatic rings. The van der Waals surface area contributed by atoms with E-state index >= 15 is 0 Å². The van der Waals surface area contributed by atoms with Gasteiger partial charge in [-0.25, -0.2) is 0 Å². The van der Waals surface area contributed by atoms with Crippen LogP contribution in [0.5, 0.6) is 0 Å². The Balaban J connectivity index is 2.24. The molecule has 1 aromatic heterocycles. The molecule has 110 valence electrons. The van der Waals surface area contributed by atoms with Crippen LogP contribution in [0.4, 0.5) is 5.69 Å². The molecule has 4 N–H and O–H groups in total. The molecule has 0 fully saturated rings. The molecule has 1 aromatic carbocycles. The van der Waals surface area contributed by atoms with Gasteiger partial charge in [0.25, 0.3) is 5.91 Å². The maximum atomic E-state index is 12.2. The molecule has 21 heavy (non-hydrogen) atoms. The van der Waals surface area contributed by atoms with Crippen LogP contribution in [0, 0.1) is 0 Å². The van der Waals surface area contributed by atoms with Crippen molar-refractivity contribution in [2.75, 3.05) is 5.32 Å². The van der Waals surface area contributed by atoms with Crippen LogP contribution in [0.3, 0.4) is 0 Å². The SMILES string of the molecule is N/C(=N/O)c1ccc(NC(=O)c2cc(Br)sc2Br)c(Cl)c1. The van der Waals surface area contributed by atoms with Crippen LogP contribution in [0.15, 0.2) is 37.0 Å². The van der Waals surface area contributed by atoms with Crippen molar-refractivity contribution < 1.29 is 10.0 Å². The molecule has 2 rings (SSSR count). The number of oxime groups is 1. The third-order valence-corrected chi connectivity index (χ3v) is 5.17. The number of halogens is 3. The van der Waals surface area contributed by atoms with Gasteiger partial charge in [-0.2, -0.15) is 0 Å². The summed E-state index contributed by atoms with van der Waals surface area (Å²) in [6.45, 7) is 0. The molecular weight excluding hydrogens is 445 g/mol. The van der Waals surface area contributed by atoms with Gasteiger partial charge in [-0.05, 0) is 56.1 Å². The quantitative estimate of drug-likeness (QED) is 0.281. The largest absolute Gasteiger partial charge is 0.409 e. The van der Waals surface area contributed by atoms with E-state index < -0.39 is 0 Å². The zero-order valence-electron chi connectivity index (χ0n) is 10.2. The lowest BCUT2D eigenvalue weighted by atomic mass is 10.2. The Hall–Kier alpha value is -1.09. The first-order valence-electron chi connectivity index (χ1n) is 5.46. The van der Waals surface area contributed by atoms with Gasteiger partial charge < -0.3 is 16.3 Å². The predicted molar refractivity (Wildman–Crippen MR) is 91.6 cm³/mol. The Morgan fingerprint density at radius 1 is 1.38 bits per heavy atom. The number of amidine groups is 1. The topological polar surface area (TPSA) is 87.7 Å². The average Bonchev–Trinajstić information content (AvgIpc) is 2.79. The number of hydrogen-bond acceptors (Lipinski definition) is 4. The smallest absolute Gasteiger partial charge is 0.257 e. The summed E-state index contributed by atoms with van der Waals surface area (Å²) in [5, 5.41) is 14.5. The molecule has 9 heteroatoms. The van der Waals surface area contributed by atoms with E-state index in [9.17, 15) is 4.79 Å². The van der Waals surface area contributed by atoms with Crippen LogP contribution in [0.1, 0.15) is 15.9 Å². The van der Waals surface area contributed by atoms with Crippen LogP contribution in [-0.2, 0) is 0 Å². The van der Waals surface area contributed by atoms with E-state index in [-0.39, 0.29) is 16.8 Å². The van der Waals surface area contributed by atoms with Crippen molar-refractivity contribution in [1.29, 1.82) is 0 Å². The zero-order chi connectivity index (χ0) is 15.6. The number of amides is 1. The number of nitrogens with two attached hydrogens (primary N) is 1. The van der Waals surface area contributed by atoms with Gasteiger partial charge in [-0.1, -0.05) is 16.8 Å². The zero-order valence-corrected chi connectivity index (χ0v) is 15.0. The second-order valence-corrected chi connectivity index (χ2v) is 8.03. The highest BCUT2D eigenvalue weighted by atomic mass is 79.9. The number of nitrogens with zero attached hydrogens (tertiary/aromatic N) is 1. The first-order chi connectivity index (χ1) is 9.92. The van der Waals surface area contributed by atoms with Crippen LogP contribution in [0.25, 0.3) is 0 Å². The number of carbonyl (C=O) groups excluding carboxylic acids is 1. The highest BCUT2D eigenvalue weighted by molar-refractivity contribution is 9.12. The van der Waals surface area contributed by atoms with Gasteiger partial charge >= 0.3 is 0 Å². The molecule has 0 atom stereocenters. The number of nitrogens with one attached hydrogen (secondary N) is 1. The number of benzene rings is 1. The second kappa shape index (κ2) is 6.78. The standard InChI is InChI=1S/C12H8Br2ClN3O2S/c13-9-4-6(10(14)21-9)12(19)17-8-2-1-5(3-7(8)15)11(16)18-20/h1-4,20H,(H2,16,18)(H,17,19). The molecule has 0 saturated carbocycles. The average molecular weight is 454 g/mol. The predicted octanol–water partition coefficient (Wildman–Crippen LogP) is 4.27. The lowest BCUT2D eigenvalue weighted by molar-refractivity contribution is 0.102. The van der Waals surface area contributed by atoms with Crippen molar-refractivity contribution in [3.8, 4) is 0 Å². The van der Waals surface area contributed by atoms with E-state index in [1.54, 1.807) is 18.2 Å². The Bertz CT molecular complexity index is 733. The van der Waals surface area contributed by atoms with Crippen LogP contribution >= 0.6 is 54.8 Å². The van der Waals surface area contributed by atoms with Gasteiger partial charge in [0.2, 0.25) is 0 Å². The van der Waals surface area contributed by atoms with E-state index in [1.807, 2.05) is 0 Å². The van der Waals surface area contributed by atoms with E-state index in [2.05, 4.69) is 42.3 Å². The van der Waals surface area contributed by atoms with Gasteiger partial charge in [-0.15, -0.1) is 11.3 Å². The number of thiophene rings is 1. The summed E-state index contributed by atoms with van der Waals surface area (Å²) in [6, 6.07) is 6.39. The highest BCUT2D eigenvalue weighted by Crippen LogP contribution is 2.33. The van der Waals surface area contributed by atoms with Crippen molar-refractivity contribution >= 4 is 72.2 Å². The van der Waals surface area contributed by atoms with Crippen LogP contribution in [0.2, 0.25) is 5.02 Å². The normalized spacial score (nSPS) is 11.5. The monoisotopic (exact) mass is 451 g/mol. The summed E-state index contributed by atoms with van der Waals surface area (Å²) < 4.78 is 1.56. The van der Waals surface area contributed by atoms with Crippen molar-refractivity contribution in [3.63, 3.8) is 0 Å². The minimum atomic E-state index is -0.290. The Morgan fingerprint density at radius 3 is 2.62 bits per heavy atom. The van der Waals surface area contributed by atoms with Crippen molar-refractivity contribution in [3.05, 3.63) is 48.0 Å². The van der Waals surface area contributed by atoms with E-state index in [4.69, 9.17) is 22.5 Å². The summed E-state index contributed by atoms with van der Waals surface area (Å²) in [7, 11) is 0. The number of rotatable bonds is 3. The van der Waals surface area contributed by atoms with Crippen molar-refractivity contribution in [1.82, 2.24) is 0 Å². The first-order valence-corrected chi connectivity index (χ1v) is 8.24. The third kappa shape index (κ3) is 3.76. The Morgan fingerprint density at radius 2 is 2.10 bits per heavy atom. The van der Waals surface area contributed by atoms with Gasteiger partial charge in [0, 0.05) is 5.56 Å². The number of anilines is 1. The Labute approximate surface area is 146 Å². The minimum Gasteiger partial charge on any atom is -0.409 e. The van der Waals surface area contributed by atoms with Crippen molar-refractivity contribution in [2.24, 2.45) is 10.9 Å². The molecule has 0 radical (unpaired) electrons. The maximum Gasteiger partial charge on any atom is 0.257 e. The molecule has 0 aliphatic carbocycles. The molecule has 1 amide bonds. The molecule has 0 unspecified atom stereocenters. The summed E-state index contributed by atoms with van der Waals surface area (Å²) >= 11 is 14.1. The molecule has 0 spiro atoms. The lowest BCUT2D eigenvalue weighted by Crippen LogP contribution is -2.14. The molecule has 1 heterocycles. The molecule has 0 bridgehead atoms. The Kier molecular flexibility index (Phi) is 5.26. The molecule has 2 aromatic rings. The maximum absolute atomic E-state index is 12.2. The van der Waals surface area contributed by atoms with E-state index in [0.717, 1.165) is 7.57 Å². The molecular formula is C12H8Br2ClN3O2S. The summed E-state index contributed by atoms with van der Waals surface area (Å²) in [5.41, 5.74) is 6.87. The fraction of sp³-hybridized carbons (Fsp3) is 0. The van der Waals surface area contributed by atoms with Gasteiger partial charge in [0.05, 0.1) is 23.8 Å². The van der Waals surface area contributed by atoms with E-state index in [0.29, 0.717) is 16.8 Å².